The highest BCUT2D eigenvalue weighted by Gasteiger charge is 2.40. The molecule has 0 saturated heterocycles. The Bertz CT molecular complexity index is 2340. The number of imide groups is 1. The molecule has 2 amide bonds. The van der Waals surface area contributed by atoms with Crippen LogP contribution in [0.4, 0.5) is 5.69 Å². The van der Waals surface area contributed by atoms with E-state index in [0.29, 0.717) is 28.1 Å². The van der Waals surface area contributed by atoms with E-state index < -0.39 is 0 Å². The summed E-state index contributed by atoms with van der Waals surface area (Å²) in [7, 11) is 0. The van der Waals surface area contributed by atoms with Gasteiger partial charge in [0.25, 0.3) is 11.8 Å². The van der Waals surface area contributed by atoms with Gasteiger partial charge in [-0.1, -0.05) is 103 Å². The van der Waals surface area contributed by atoms with Crippen molar-refractivity contribution in [2.75, 3.05) is 4.90 Å². The van der Waals surface area contributed by atoms with Crippen LogP contribution in [0.5, 0.6) is 0 Å². The first-order chi connectivity index (χ1) is 21.7. The largest absolute Gasteiger partial charge is 0.308 e. The molecule has 1 aliphatic rings. The fourth-order valence-corrected chi connectivity index (χ4v) is 6.46. The molecule has 0 atom stereocenters. The van der Waals surface area contributed by atoms with Crippen LogP contribution in [-0.2, 0) is 0 Å². The van der Waals surface area contributed by atoms with Gasteiger partial charge in [-0.2, -0.15) is 5.26 Å². The molecular weight excluding hydrogens is 542 g/mol. The molecule has 0 unspecified atom stereocenters. The Morgan fingerprint density at radius 1 is 0.523 bits per heavy atom. The first-order valence-corrected chi connectivity index (χ1v) is 14.3. The lowest BCUT2D eigenvalue weighted by atomic mass is 10.00. The maximum Gasteiger partial charge on any atom is 0.268 e. The second-order valence-electron chi connectivity index (χ2n) is 10.8. The zero-order valence-electron chi connectivity index (χ0n) is 23.4. The van der Waals surface area contributed by atoms with Crippen molar-refractivity contribution >= 4 is 39.3 Å². The van der Waals surface area contributed by atoms with Crippen molar-refractivity contribution in [3.8, 4) is 34.0 Å². The van der Waals surface area contributed by atoms with Gasteiger partial charge in [0.2, 0.25) is 0 Å². The number of hydrogen-bond donors (Lipinski definition) is 0. The Morgan fingerprint density at radius 3 is 2.02 bits per heavy atom. The normalized spacial score (nSPS) is 12.6. The predicted molar refractivity (Wildman–Crippen MR) is 174 cm³/mol. The number of para-hydroxylation sites is 3. The summed E-state index contributed by atoms with van der Waals surface area (Å²) in [5, 5.41) is 11.7. The van der Waals surface area contributed by atoms with Gasteiger partial charge in [0.1, 0.15) is 0 Å². The van der Waals surface area contributed by atoms with Gasteiger partial charge in [-0.15, -0.1) is 0 Å². The standard InChI is InChI=1S/C39H23N3O2/c40-24-25-11-8-14-27(23-25)29-17-9-18-31-30-16-5-7-21-34(30)41(37(29)31)35-22-10-19-32-36(35)39(44)42(38(32)43)33-20-6-4-15-28(33)26-12-2-1-3-13-26/h1-23H. The average molecular weight is 566 g/mol. The Kier molecular flexibility index (Phi) is 5.75. The number of rotatable bonds is 4. The van der Waals surface area contributed by atoms with Crippen LogP contribution in [0, 0.1) is 11.3 Å². The van der Waals surface area contributed by atoms with Gasteiger partial charge >= 0.3 is 0 Å². The molecule has 1 aliphatic heterocycles. The molecule has 0 fully saturated rings. The third-order valence-electron chi connectivity index (χ3n) is 8.36. The van der Waals surface area contributed by atoms with Crippen molar-refractivity contribution in [2.45, 2.75) is 0 Å². The smallest absolute Gasteiger partial charge is 0.268 e. The first-order valence-electron chi connectivity index (χ1n) is 14.3. The Balaban J connectivity index is 1.39. The molecular formula is C39H23N3O2. The minimum atomic E-state index is -0.362. The molecule has 0 aliphatic carbocycles. The van der Waals surface area contributed by atoms with E-state index in [1.54, 1.807) is 12.1 Å². The van der Waals surface area contributed by atoms with Crippen LogP contribution in [0.25, 0.3) is 49.7 Å². The summed E-state index contributed by atoms with van der Waals surface area (Å²) in [6.45, 7) is 0. The third kappa shape index (κ3) is 3.72. The molecule has 6 aromatic carbocycles. The molecule has 8 rings (SSSR count). The number of carbonyl (C=O) groups excluding carboxylic acids is 2. The Hall–Kier alpha value is -6.25. The minimum absolute atomic E-state index is 0.349. The molecule has 0 N–H and O–H groups in total. The van der Waals surface area contributed by atoms with Gasteiger partial charge in [-0.25, -0.2) is 4.90 Å². The van der Waals surface area contributed by atoms with Crippen molar-refractivity contribution in [3.05, 3.63) is 156 Å². The molecule has 0 bridgehead atoms. The zero-order chi connectivity index (χ0) is 29.8. The number of nitriles is 1. The van der Waals surface area contributed by atoms with Crippen molar-refractivity contribution in [1.82, 2.24) is 4.57 Å². The number of fused-ring (bicyclic) bond motifs is 4. The van der Waals surface area contributed by atoms with Crippen LogP contribution in [0.2, 0.25) is 0 Å². The maximum absolute atomic E-state index is 14.5. The molecule has 44 heavy (non-hydrogen) atoms. The highest BCUT2D eigenvalue weighted by molar-refractivity contribution is 6.36. The number of hydrogen-bond acceptors (Lipinski definition) is 3. The van der Waals surface area contributed by atoms with Crippen molar-refractivity contribution in [1.29, 1.82) is 5.26 Å². The number of carbonyl (C=O) groups is 2. The van der Waals surface area contributed by atoms with E-state index in [1.165, 1.54) is 4.90 Å². The number of benzene rings is 6. The third-order valence-corrected chi connectivity index (χ3v) is 8.36. The number of amides is 2. The quantitative estimate of drug-likeness (QED) is 0.200. The predicted octanol–water partition coefficient (Wildman–Crippen LogP) is 8.79. The van der Waals surface area contributed by atoms with Gasteiger partial charge in [0.05, 0.1) is 45.2 Å². The minimum Gasteiger partial charge on any atom is -0.308 e. The van der Waals surface area contributed by atoms with E-state index in [-0.39, 0.29) is 11.8 Å². The summed E-state index contributed by atoms with van der Waals surface area (Å²) < 4.78 is 2.09. The highest BCUT2D eigenvalue weighted by Crippen LogP contribution is 2.42. The van der Waals surface area contributed by atoms with E-state index in [9.17, 15) is 14.9 Å². The SMILES string of the molecule is N#Cc1cccc(-c2cccc3c4ccccc4n(-c4cccc5c4C(=O)N(c4ccccc4-c4ccccc4)C5=O)c23)c1. The Morgan fingerprint density at radius 2 is 1.16 bits per heavy atom. The second kappa shape index (κ2) is 9.94. The Labute approximate surface area is 253 Å². The molecule has 5 nitrogen and oxygen atoms in total. The fourth-order valence-electron chi connectivity index (χ4n) is 6.46. The number of nitrogens with zero attached hydrogens (tertiary/aromatic N) is 3. The molecule has 7 aromatic rings. The summed E-state index contributed by atoms with van der Waals surface area (Å²) in [4.78, 5) is 29.8. The number of aromatic nitrogens is 1. The zero-order valence-corrected chi connectivity index (χ0v) is 23.4. The topological polar surface area (TPSA) is 66.1 Å². The molecule has 2 heterocycles. The molecule has 1 aromatic heterocycles. The van der Waals surface area contributed by atoms with E-state index in [1.807, 2.05) is 115 Å². The number of anilines is 1. The summed E-state index contributed by atoms with van der Waals surface area (Å²) >= 11 is 0. The fraction of sp³-hybridized carbons (Fsp3) is 0. The summed E-state index contributed by atoms with van der Waals surface area (Å²) in [5.74, 6) is -0.711. The molecule has 0 saturated carbocycles. The second-order valence-corrected chi connectivity index (χ2v) is 10.8. The van der Waals surface area contributed by atoms with Crippen molar-refractivity contribution < 1.29 is 9.59 Å². The monoisotopic (exact) mass is 565 g/mol. The summed E-state index contributed by atoms with van der Waals surface area (Å²) in [6, 6.07) is 46.8. The molecule has 0 radical (unpaired) electrons. The van der Waals surface area contributed by atoms with E-state index in [4.69, 9.17) is 0 Å². The summed E-state index contributed by atoms with van der Waals surface area (Å²) in [6.07, 6.45) is 0. The van der Waals surface area contributed by atoms with Crippen LogP contribution < -0.4 is 4.90 Å². The molecule has 0 spiro atoms. The molecule has 206 valence electrons. The van der Waals surface area contributed by atoms with Gasteiger partial charge in [-0.05, 0) is 47.5 Å². The lowest BCUT2D eigenvalue weighted by Crippen LogP contribution is -2.30. The van der Waals surface area contributed by atoms with Crippen LogP contribution in [0.1, 0.15) is 26.3 Å². The molecule has 5 heteroatoms. The van der Waals surface area contributed by atoms with Crippen LogP contribution in [0.15, 0.2) is 140 Å². The van der Waals surface area contributed by atoms with Gasteiger partial charge in [0.15, 0.2) is 0 Å². The van der Waals surface area contributed by atoms with Gasteiger partial charge < -0.3 is 4.57 Å². The highest BCUT2D eigenvalue weighted by atomic mass is 16.2. The first kappa shape index (κ1) is 25.5. The maximum atomic E-state index is 14.5. The lowest BCUT2D eigenvalue weighted by Gasteiger charge is -2.19. The van der Waals surface area contributed by atoms with Crippen molar-refractivity contribution in [3.63, 3.8) is 0 Å². The van der Waals surface area contributed by atoms with E-state index in [2.05, 4.69) is 22.8 Å². The lowest BCUT2D eigenvalue weighted by molar-refractivity contribution is 0.0926. The average Bonchev–Trinajstić information content (AvgIpc) is 3.56. The van der Waals surface area contributed by atoms with Gasteiger partial charge in [0, 0.05) is 21.9 Å². The van der Waals surface area contributed by atoms with Gasteiger partial charge in [-0.3, -0.25) is 9.59 Å². The van der Waals surface area contributed by atoms with Crippen LogP contribution in [-0.4, -0.2) is 16.4 Å². The van der Waals surface area contributed by atoms with E-state index in [0.717, 1.165) is 44.1 Å². The van der Waals surface area contributed by atoms with Crippen LogP contribution in [0.3, 0.4) is 0 Å². The van der Waals surface area contributed by atoms with Crippen molar-refractivity contribution in [2.24, 2.45) is 0 Å². The van der Waals surface area contributed by atoms with Crippen LogP contribution >= 0.6 is 0 Å². The summed E-state index contributed by atoms with van der Waals surface area (Å²) in [5.41, 5.74) is 7.85. The van der Waals surface area contributed by atoms with E-state index >= 15 is 0 Å².